The van der Waals surface area contributed by atoms with E-state index < -0.39 is 0 Å². The lowest BCUT2D eigenvalue weighted by atomic mass is 10.2. The monoisotopic (exact) mass is 411 g/mol. The molecule has 2 heterocycles. The van der Waals surface area contributed by atoms with Gasteiger partial charge in [-0.1, -0.05) is 35.0 Å². The van der Waals surface area contributed by atoms with Crippen LogP contribution in [0.5, 0.6) is 0 Å². The van der Waals surface area contributed by atoms with Crippen molar-refractivity contribution in [3.05, 3.63) is 44.5 Å². The van der Waals surface area contributed by atoms with Gasteiger partial charge in [-0.15, -0.1) is 11.3 Å². The molecule has 3 aromatic rings. The van der Waals surface area contributed by atoms with Gasteiger partial charge in [-0.3, -0.25) is 4.79 Å². The first-order chi connectivity index (χ1) is 11.8. The van der Waals surface area contributed by atoms with Gasteiger partial charge in [0.1, 0.15) is 15.7 Å². The lowest BCUT2D eigenvalue weighted by Crippen LogP contribution is -2.14. The van der Waals surface area contributed by atoms with E-state index >= 15 is 0 Å². The van der Waals surface area contributed by atoms with E-state index in [0.717, 1.165) is 15.2 Å². The Morgan fingerprint density at radius 2 is 1.96 bits per heavy atom. The zero-order valence-electron chi connectivity index (χ0n) is 13.8. The quantitative estimate of drug-likeness (QED) is 0.444. The number of aryl methyl sites for hydroxylation is 3. The molecule has 2 aromatic heterocycles. The molecule has 0 atom stereocenters. The summed E-state index contributed by atoms with van der Waals surface area (Å²) in [4.78, 5) is 23.4. The Labute approximate surface area is 164 Å². The number of nitrogens with zero attached hydrogens (tertiary/aromatic N) is 2. The first-order valence-electron chi connectivity index (χ1n) is 7.47. The fourth-order valence-electron chi connectivity index (χ4n) is 2.32. The van der Waals surface area contributed by atoms with E-state index in [9.17, 15) is 4.79 Å². The summed E-state index contributed by atoms with van der Waals surface area (Å²) in [5, 5.41) is 5.56. The highest BCUT2D eigenvalue weighted by atomic mass is 35.5. The van der Waals surface area contributed by atoms with Crippen molar-refractivity contribution >= 4 is 68.1 Å². The summed E-state index contributed by atoms with van der Waals surface area (Å²) < 4.78 is 0. The summed E-state index contributed by atoms with van der Waals surface area (Å²) in [6.45, 7) is 6.00. The van der Waals surface area contributed by atoms with E-state index in [1.54, 1.807) is 29.5 Å². The van der Waals surface area contributed by atoms with Gasteiger partial charge in [0.25, 0.3) is 0 Å². The van der Waals surface area contributed by atoms with Crippen molar-refractivity contribution in [2.75, 3.05) is 11.1 Å². The minimum Gasteiger partial charge on any atom is -0.325 e. The highest BCUT2D eigenvalue weighted by Crippen LogP contribution is 2.35. The third-order valence-corrected chi connectivity index (χ3v) is 6.47. The number of carbonyl (C=O) groups excluding carboxylic acids is 1. The molecular formula is C17H15Cl2N3OS2. The molecule has 0 saturated carbocycles. The molecule has 1 aromatic carbocycles. The van der Waals surface area contributed by atoms with Crippen LogP contribution in [0.3, 0.4) is 0 Å². The molecule has 0 radical (unpaired) electrons. The van der Waals surface area contributed by atoms with Crippen molar-refractivity contribution < 1.29 is 4.79 Å². The number of carbonyl (C=O) groups is 1. The second-order valence-corrected chi connectivity index (χ2v) is 8.49. The number of fused-ring (bicyclic) bond motifs is 1. The maximum Gasteiger partial charge on any atom is 0.234 e. The summed E-state index contributed by atoms with van der Waals surface area (Å²) in [6, 6.07) is 5.00. The van der Waals surface area contributed by atoms with Gasteiger partial charge in [-0.25, -0.2) is 9.97 Å². The topological polar surface area (TPSA) is 54.9 Å². The van der Waals surface area contributed by atoms with E-state index in [0.29, 0.717) is 21.6 Å². The first kappa shape index (κ1) is 18.5. The number of hydrogen-bond donors (Lipinski definition) is 1. The van der Waals surface area contributed by atoms with Crippen molar-refractivity contribution in [1.82, 2.24) is 9.97 Å². The van der Waals surface area contributed by atoms with Gasteiger partial charge in [-0.2, -0.15) is 0 Å². The number of rotatable bonds is 4. The van der Waals surface area contributed by atoms with Crippen LogP contribution in [0.4, 0.5) is 5.69 Å². The standard InChI is InChI=1S/C17H15Cl2N3OS2/c1-8-9(2)25-17-15(8)16(20-10(3)21-17)24-7-14(23)22-11-4-5-12(18)13(19)6-11/h4-6H,7H2,1-3H3,(H,22,23). The van der Waals surface area contributed by atoms with Gasteiger partial charge in [0.2, 0.25) is 5.91 Å². The maximum atomic E-state index is 12.2. The van der Waals surface area contributed by atoms with Gasteiger partial charge in [0.15, 0.2) is 0 Å². The van der Waals surface area contributed by atoms with E-state index in [-0.39, 0.29) is 11.7 Å². The minimum absolute atomic E-state index is 0.127. The Bertz CT molecular complexity index is 972. The van der Waals surface area contributed by atoms with Crippen LogP contribution in [-0.2, 0) is 4.79 Å². The number of hydrogen-bond acceptors (Lipinski definition) is 5. The molecular weight excluding hydrogens is 397 g/mol. The van der Waals surface area contributed by atoms with Crippen LogP contribution in [0.2, 0.25) is 10.0 Å². The highest BCUT2D eigenvalue weighted by Gasteiger charge is 2.15. The molecule has 8 heteroatoms. The van der Waals surface area contributed by atoms with E-state index in [1.807, 2.05) is 6.92 Å². The van der Waals surface area contributed by atoms with Crippen molar-refractivity contribution in [3.8, 4) is 0 Å². The lowest BCUT2D eigenvalue weighted by Gasteiger charge is -2.07. The summed E-state index contributed by atoms with van der Waals surface area (Å²) in [5.74, 6) is 0.832. The molecule has 0 saturated heterocycles. The number of anilines is 1. The molecule has 0 aliphatic carbocycles. The predicted molar refractivity (Wildman–Crippen MR) is 107 cm³/mol. The summed E-state index contributed by atoms with van der Waals surface area (Å²) in [6.07, 6.45) is 0. The summed E-state index contributed by atoms with van der Waals surface area (Å²) >= 11 is 14.9. The SMILES string of the molecule is Cc1nc(SCC(=O)Nc2ccc(Cl)c(Cl)c2)c2c(C)c(C)sc2n1. The molecule has 130 valence electrons. The molecule has 0 fully saturated rings. The number of halogens is 2. The van der Waals surface area contributed by atoms with Crippen molar-refractivity contribution in [3.63, 3.8) is 0 Å². The fraction of sp³-hybridized carbons (Fsp3) is 0.235. The van der Waals surface area contributed by atoms with Gasteiger partial charge >= 0.3 is 0 Å². The largest absolute Gasteiger partial charge is 0.325 e. The molecule has 4 nitrogen and oxygen atoms in total. The molecule has 3 rings (SSSR count). The molecule has 25 heavy (non-hydrogen) atoms. The predicted octanol–water partition coefficient (Wildman–Crippen LogP) is 5.65. The molecule has 1 amide bonds. The Balaban J connectivity index is 1.76. The van der Waals surface area contributed by atoms with E-state index in [4.69, 9.17) is 23.2 Å². The van der Waals surface area contributed by atoms with E-state index in [1.165, 1.54) is 22.2 Å². The van der Waals surface area contributed by atoms with Gasteiger partial charge in [0.05, 0.1) is 15.8 Å². The number of amides is 1. The van der Waals surface area contributed by atoms with Crippen LogP contribution in [0.25, 0.3) is 10.2 Å². The number of benzene rings is 1. The normalized spacial score (nSPS) is 11.1. The second-order valence-electron chi connectivity index (χ2n) is 5.51. The van der Waals surface area contributed by atoms with Crippen LogP contribution in [0.1, 0.15) is 16.3 Å². The molecule has 0 spiro atoms. The van der Waals surface area contributed by atoms with Crippen LogP contribution in [0.15, 0.2) is 23.2 Å². The first-order valence-corrected chi connectivity index (χ1v) is 10.0. The summed E-state index contributed by atoms with van der Waals surface area (Å²) in [5.41, 5.74) is 1.79. The zero-order chi connectivity index (χ0) is 18.1. The second kappa shape index (κ2) is 7.50. The minimum atomic E-state index is -0.127. The Morgan fingerprint density at radius 3 is 2.68 bits per heavy atom. The molecule has 0 aliphatic rings. The van der Waals surface area contributed by atoms with Crippen molar-refractivity contribution in [2.45, 2.75) is 25.8 Å². The third kappa shape index (κ3) is 4.08. The Morgan fingerprint density at radius 1 is 1.20 bits per heavy atom. The zero-order valence-corrected chi connectivity index (χ0v) is 17.0. The molecule has 1 N–H and O–H groups in total. The van der Waals surface area contributed by atoms with Gasteiger partial charge in [-0.05, 0) is 44.5 Å². The number of thiophene rings is 1. The molecule has 0 unspecified atom stereocenters. The van der Waals surface area contributed by atoms with Gasteiger partial charge < -0.3 is 5.32 Å². The van der Waals surface area contributed by atoms with Gasteiger partial charge in [0, 0.05) is 16.0 Å². The smallest absolute Gasteiger partial charge is 0.234 e. The van der Waals surface area contributed by atoms with E-state index in [2.05, 4.69) is 29.1 Å². The highest BCUT2D eigenvalue weighted by molar-refractivity contribution is 8.00. The third-order valence-electron chi connectivity index (χ3n) is 3.65. The maximum absolute atomic E-state index is 12.2. The van der Waals surface area contributed by atoms with Crippen LogP contribution >= 0.6 is 46.3 Å². The summed E-state index contributed by atoms with van der Waals surface area (Å²) in [7, 11) is 0. The number of thioether (sulfide) groups is 1. The lowest BCUT2D eigenvalue weighted by molar-refractivity contribution is -0.113. The van der Waals surface area contributed by atoms with Crippen molar-refractivity contribution in [2.24, 2.45) is 0 Å². The molecule has 0 bridgehead atoms. The van der Waals surface area contributed by atoms with Crippen LogP contribution in [-0.4, -0.2) is 21.6 Å². The Kier molecular flexibility index (Phi) is 5.53. The fourth-order valence-corrected chi connectivity index (χ4v) is 4.69. The molecule has 0 aliphatic heterocycles. The average Bonchev–Trinajstić information content (AvgIpc) is 2.83. The average molecular weight is 412 g/mol. The van der Waals surface area contributed by atoms with Crippen LogP contribution < -0.4 is 5.32 Å². The number of nitrogens with one attached hydrogen (secondary N) is 1. The van der Waals surface area contributed by atoms with Crippen LogP contribution in [0, 0.1) is 20.8 Å². The van der Waals surface area contributed by atoms with Crippen molar-refractivity contribution in [1.29, 1.82) is 0 Å². The Hall–Kier alpha value is -1.34. The number of aromatic nitrogens is 2.